The highest BCUT2D eigenvalue weighted by Gasteiger charge is 2.15. The Balaban J connectivity index is 2.04. The number of hydrogen-bond acceptors (Lipinski definition) is 4. The largest absolute Gasteiger partial charge is 0.370 e. The molecule has 1 aromatic heterocycles. The fourth-order valence-corrected chi connectivity index (χ4v) is 2.22. The predicted octanol–water partition coefficient (Wildman–Crippen LogP) is 1.49. The van der Waals surface area contributed by atoms with E-state index in [2.05, 4.69) is 20.5 Å². The molecule has 2 N–H and O–H groups in total. The molecule has 6 heteroatoms. The zero-order valence-electron chi connectivity index (χ0n) is 11.1. The third-order valence-electron chi connectivity index (χ3n) is 3.06. The van der Waals surface area contributed by atoms with Crippen LogP contribution in [-0.2, 0) is 11.3 Å². The number of carbonyl (C=O) groups is 1. The topological polar surface area (TPSA) is 57.3 Å². The Morgan fingerprint density at radius 3 is 3.11 bits per heavy atom. The fraction of sp³-hybridized carbons (Fsp3) is 0.538. The first-order chi connectivity index (χ1) is 9.19. The van der Waals surface area contributed by atoms with Crippen LogP contribution in [0.15, 0.2) is 12.1 Å². The highest BCUT2D eigenvalue weighted by atomic mass is 35.5. The Bertz CT molecular complexity index is 452. The first kappa shape index (κ1) is 14.1. The maximum atomic E-state index is 11.3. The summed E-state index contributed by atoms with van der Waals surface area (Å²) in [6.45, 7) is 5.79. The molecule has 5 nitrogen and oxygen atoms in total. The Labute approximate surface area is 118 Å². The normalized spacial score (nSPS) is 16.8. The number of halogens is 1. The van der Waals surface area contributed by atoms with Gasteiger partial charge in [0.05, 0.1) is 10.7 Å². The molecule has 1 aliphatic heterocycles. The van der Waals surface area contributed by atoms with E-state index in [9.17, 15) is 4.79 Å². The van der Waals surface area contributed by atoms with Gasteiger partial charge in [0.15, 0.2) is 0 Å². The minimum Gasteiger partial charge on any atom is -0.370 e. The van der Waals surface area contributed by atoms with E-state index >= 15 is 0 Å². The second kappa shape index (κ2) is 6.73. The molecule has 0 aliphatic carbocycles. The van der Waals surface area contributed by atoms with E-state index in [-0.39, 0.29) is 5.91 Å². The van der Waals surface area contributed by atoms with Gasteiger partial charge in [-0.25, -0.2) is 4.98 Å². The van der Waals surface area contributed by atoms with Gasteiger partial charge in [-0.3, -0.25) is 9.69 Å². The van der Waals surface area contributed by atoms with Crippen LogP contribution in [0.4, 0.5) is 5.82 Å². The van der Waals surface area contributed by atoms with Crippen LogP contribution in [0.1, 0.15) is 19.0 Å². The fourth-order valence-electron chi connectivity index (χ4n) is 2.06. The van der Waals surface area contributed by atoms with Gasteiger partial charge in [0.1, 0.15) is 5.82 Å². The minimum absolute atomic E-state index is 0.114. The molecule has 0 radical (unpaired) electrons. The van der Waals surface area contributed by atoms with Crippen LogP contribution >= 0.6 is 11.6 Å². The van der Waals surface area contributed by atoms with E-state index in [0.717, 1.165) is 31.1 Å². The lowest BCUT2D eigenvalue weighted by atomic mass is 10.3. The molecule has 1 aliphatic rings. The molecule has 1 aromatic rings. The van der Waals surface area contributed by atoms with Crippen LogP contribution < -0.4 is 10.6 Å². The first-order valence-corrected chi connectivity index (χ1v) is 6.95. The Morgan fingerprint density at radius 1 is 1.47 bits per heavy atom. The van der Waals surface area contributed by atoms with Gasteiger partial charge in [0.25, 0.3) is 0 Å². The molecule has 0 saturated carbocycles. The van der Waals surface area contributed by atoms with E-state index in [0.29, 0.717) is 24.5 Å². The van der Waals surface area contributed by atoms with Crippen LogP contribution in [0.25, 0.3) is 0 Å². The molecule has 0 spiro atoms. The van der Waals surface area contributed by atoms with E-state index in [1.165, 1.54) is 0 Å². The molecular weight excluding hydrogens is 264 g/mol. The van der Waals surface area contributed by atoms with Crippen LogP contribution in [0.5, 0.6) is 0 Å². The van der Waals surface area contributed by atoms with Gasteiger partial charge < -0.3 is 10.6 Å². The molecule has 0 bridgehead atoms. The summed E-state index contributed by atoms with van der Waals surface area (Å²) in [7, 11) is 0. The second-order valence-corrected chi connectivity index (χ2v) is 4.94. The summed E-state index contributed by atoms with van der Waals surface area (Å²) in [5.74, 6) is 0.953. The number of nitrogens with zero attached hydrogens (tertiary/aromatic N) is 2. The van der Waals surface area contributed by atoms with E-state index in [1.807, 2.05) is 19.1 Å². The number of pyridine rings is 1. The summed E-state index contributed by atoms with van der Waals surface area (Å²) in [5.41, 5.74) is 0.856. The smallest absolute Gasteiger partial charge is 0.221 e. The van der Waals surface area contributed by atoms with Crippen molar-refractivity contribution in [2.75, 3.05) is 31.5 Å². The number of carbonyl (C=O) groups excluding carboxylic acids is 1. The van der Waals surface area contributed by atoms with Gasteiger partial charge in [0, 0.05) is 39.1 Å². The highest BCUT2D eigenvalue weighted by molar-refractivity contribution is 6.31. The van der Waals surface area contributed by atoms with Crippen LogP contribution in [0, 0.1) is 0 Å². The molecule has 1 amide bonds. The van der Waals surface area contributed by atoms with Crippen molar-refractivity contribution in [1.29, 1.82) is 0 Å². The molecule has 1 saturated heterocycles. The Kier molecular flexibility index (Phi) is 4.99. The summed E-state index contributed by atoms with van der Waals surface area (Å²) in [6.07, 6.45) is 0.532. The predicted molar refractivity (Wildman–Crippen MR) is 76.3 cm³/mol. The van der Waals surface area contributed by atoms with Gasteiger partial charge in [-0.2, -0.15) is 0 Å². The quantitative estimate of drug-likeness (QED) is 0.878. The number of hydrogen-bond donors (Lipinski definition) is 2. The maximum absolute atomic E-state index is 11.3. The van der Waals surface area contributed by atoms with Crippen molar-refractivity contribution in [3.63, 3.8) is 0 Å². The van der Waals surface area contributed by atoms with Crippen molar-refractivity contribution in [2.45, 2.75) is 19.9 Å². The summed E-state index contributed by atoms with van der Waals surface area (Å²) in [4.78, 5) is 18.0. The molecule has 2 heterocycles. The van der Waals surface area contributed by atoms with Crippen molar-refractivity contribution in [1.82, 2.24) is 15.2 Å². The molecule has 104 valence electrons. The third kappa shape index (κ3) is 4.08. The molecule has 19 heavy (non-hydrogen) atoms. The SMILES string of the molecule is CCNc1ccc(Cl)c(CN2CCNC(=O)CC2)n1. The molecule has 2 rings (SSSR count). The van der Waals surface area contributed by atoms with E-state index < -0.39 is 0 Å². The number of anilines is 1. The van der Waals surface area contributed by atoms with Gasteiger partial charge in [0.2, 0.25) is 5.91 Å². The standard InChI is InChI=1S/C13H19ClN4O/c1-2-15-12-4-3-10(14)11(17-12)9-18-7-5-13(19)16-6-8-18/h3-4H,2,5-9H2,1H3,(H,15,17)(H,16,19). The maximum Gasteiger partial charge on any atom is 0.221 e. The number of amides is 1. The minimum atomic E-state index is 0.114. The number of aromatic nitrogens is 1. The monoisotopic (exact) mass is 282 g/mol. The van der Waals surface area contributed by atoms with Crippen molar-refractivity contribution >= 4 is 23.3 Å². The lowest BCUT2D eigenvalue weighted by Gasteiger charge is -2.19. The van der Waals surface area contributed by atoms with Gasteiger partial charge in [-0.05, 0) is 19.1 Å². The second-order valence-electron chi connectivity index (χ2n) is 4.53. The average molecular weight is 283 g/mol. The Morgan fingerprint density at radius 2 is 2.32 bits per heavy atom. The molecule has 0 aromatic carbocycles. The molecule has 0 atom stereocenters. The summed E-state index contributed by atoms with van der Waals surface area (Å²) >= 11 is 6.19. The highest BCUT2D eigenvalue weighted by Crippen LogP contribution is 2.18. The average Bonchev–Trinajstić information content (AvgIpc) is 2.59. The summed E-state index contributed by atoms with van der Waals surface area (Å²) in [6, 6.07) is 3.74. The molecular formula is C13H19ClN4O. The Hall–Kier alpha value is -1.33. The lowest BCUT2D eigenvalue weighted by Crippen LogP contribution is -2.28. The van der Waals surface area contributed by atoms with Crippen LogP contribution in [0.3, 0.4) is 0 Å². The van der Waals surface area contributed by atoms with Gasteiger partial charge in [-0.15, -0.1) is 0 Å². The van der Waals surface area contributed by atoms with Crippen LogP contribution in [0.2, 0.25) is 5.02 Å². The van der Waals surface area contributed by atoms with Gasteiger partial charge in [-0.1, -0.05) is 11.6 Å². The van der Waals surface area contributed by atoms with Crippen molar-refractivity contribution in [2.24, 2.45) is 0 Å². The molecule has 0 unspecified atom stereocenters. The zero-order chi connectivity index (χ0) is 13.7. The summed E-state index contributed by atoms with van der Waals surface area (Å²) in [5, 5.41) is 6.71. The zero-order valence-corrected chi connectivity index (χ0v) is 11.8. The molecule has 1 fully saturated rings. The number of rotatable bonds is 4. The van der Waals surface area contributed by atoms with Gasteiger partial charge >= 0.3 is 0 Å². The summed E-state index contributed by atoms with van der Waals surface area (Å²) < 4.78 is 0. The van der Waals surface area contributed by atoms with Crippen LogP contribution in [-0.4, -0.2) is 42.0 Å². The van der Waals surface area contributed by atoms with E-state index in [1.54, 1.807) is 0 Å². The van der Waals surface area contributed by atoms with Crippen molar-refractivity contribution in [3.8, 4) is 0 Å². The third-order valence-corrected chi connectivity index (χ3v) is 3.40. The number of nitrogens with one attached hydrogen (secondary N) is 2. The first-order valence-electron chi connectivity index (χ1n) is 6.57. The van der Waals surface area contributed by atoms with Crippen molar-refractivity contribution < 1.29 is 4.79 Å². The lowest BCUT2D eigenvalue weighted by molar-refractivity contribution is -0.120. The van der Waals surface area contributed by atoms with Crippen molar-refractivity contribution in [3.05, 3.63) is 22.8 Å². The van der Waals surface area contributed by atoms with E-state index in [4.69, 9.17) is 11.6 Å².